The molecule has 0 radical (unpaired) electrons. The Morgan fingerprint density at radius 1 is 0.771 bits per heavy atom. The summed E-state index contributed by atoms with van der Waals surface area (Å²) in [5.74, 6) is -0.557. The zero-order valence-corrected chi connectivity index (χ0v) is 19.6. The number of nitrogens with one attached hydrogen (secondary N) is 3. The second kappa shape index (κ2) is 10.3. The summed E-state index contributed by atoms with van der Waals surface area (Å²) in [6.45, 7) is 1.57. The third-order valence-electron chi connectivity index (χ3n) is 5.16. The highest BCUT2D eigenvalue weighted by Gasteiger charge is 2.17. The SMILES string of the molecule is CC(Oc1ccc2ccccc2c1)C(=O)NNC(=O)c1ccc(NS(=O)(=O)c2ccccc2)cc1. The van der Waals surface area contributed by atoms with Gasteiger partial charge < -0.3 is 4.74 Å². The molecule has 35 heavy (non-hydrogen) atoms. The number of hydrazine groups is 1. The van der Waals surface area contributed by atoms with Crippen LogP contribution in [0.25, 0.3) is 10.8 Å². The Kier molecular flexibility index (Phi) is 6.98. The lowest BCUT2D eigenvalue weighted by Crippen LogP contribution is -2.47. The number of carbonyl (C=O) groups is 2. The molecule has 0 saturated carbocycles. The number of amides is 2. The largest absolute Gasteiger partial charge is 0.481 e. The Hall–Kier alpha value is -4.37. The van der Waals surface area contributed by atoms with Crippen LogP contribution in [0.1, 0.15) is 17.3 Å². The summed E-state index contributed by atoms with van der Waals surface area (Å²) in [7, 11) is -3.74. The fraction of sp³-hybridized carbons (Fsp3) is 0.0769. The number of hydrogen-bond acceptors (Lipinski definition) is 5. The second-order valence-electron chi connectivity index (χ2n) is 7.71. The van der Waals surface area contributed by atoms with Crippen LogP contribution in [-0.2, 0) is 14.8 Å². The van der Waals surface area contributed by atoms with E-state index in [1.807, 2.05) is 36.4 Å². The topological polar surface area (TPSA) is 114 Å². The van der Waals surface area contributed by atoms with Gasteiger partial charge in [0.2, 0.25) is 0 Å². The van der Waals surface area contributed by atoms with E-state index in [9.17, 15) is 18.0 Å². The number of anilines is 1. The van der Waals surface area contributed by atoms with Gasteiger partial charge in [-0.2, -0.15) is 0 Å². The third-order valence-corrected chi connectivity index (χ3v) is 6.55. The van der Waals surface area contributed by atoms with Crippen LogP contribution in [0.2, 0.25) is 0 Å². The van der Waals surface area contributed by atoms with Gasteiger partial charge >= 0.3 is 0 Å². The Bertz CT molecular complexity index is 1460. The zero-order valence-electron chi connectivity index (χ0n) is 18.8. The van der Waals surface area contributed by atoms with Crippen LogP contribution in [0.5, 0.6) is 5.75 Å². The summed E-state index contributed by atoms with van der Waals surface area (Å²) >= 11 is 0. The summed E-state index contributed by atoms with van der Waals surface area (Å²) in [5, 5.41) is 2.04. The predicted molar refractivity (Wildman–Crippen MR) is 133 cm³/mol. The summed E-state index contributed by atoms with van der Waals surface area (Å²) in [6, 6.07) is 27.1. The third kappa shape index (κ3) is 5.96. The molecule has 1 atom stereocenters. The summed E-state index contributed by atoms with van der Waals surface area (Å²) in [5.41, 5.74) is 5.20. The molecule has 1 unspecified atom stereocenters. The van der Waals surface area contributed by atoms with Crippen molar-refractivity contribution in [2.24, 2.45) is 0 Å². The molecule has 0 aliphatic heterocycles. The number of benzene rings is 4. The fourth-order valence-electron chi connectivity index (χ4n) is 3.29. The van der Waals surface area contributed by atoms with E-state index in [4.69, 9.17) is 4.74 Å². The van der Waals surface area contributed by atoms with Crippen molar-refractivity contribution in [1.82, 2.24) is 10.9 Å². The fourth-order valence-corrected chi connectivity index (χ4v) is 4.37. The number of fused-ring (bicyclic) bond motifs is 1. The van der Waals surface area contributed by atoms with E-state index in [0.717, 1.165) is 10.8 Å². The van der Waals surface area contributed by atoms with Crippen LogP contribution >= 0.6 is 0 Å². The van der Waals surface area contributed by atoms with Crippen molar-refractivity contribution in [2.45, 2.75) is 17.9 Å². The highest BCUT2D eigenvalue weighted by molar-refractivity contribution is 7.92. The van der Waals surface area contributed by atoms with Crippen LogP contribution < -0.4 is 20.3 Å². The van der Waals surface area contributed by atoms with Gasteiger partial charge in [-0.1, -0.05) is 48.5 Å². The van der Waals surface area contributed by atoms with Gasteiger partial charge in [-0.25, -0.2) is 8.42 Å². The molecule has 4 aromatic rings. The molecule has 0 bridgehead atoms. The van der Waals surface area contributed by atoms with Gasteiger partial charge in [-0.3, -0.25) is 25.2 Å². The molecule has 0 saturated heterocycles. The molecule has 4 rings (SSSR count). The van der Waals surface area contributed by atoms with Gasteiger partial charge in [0.05, 0.1) is 4.90 Å². The maximum Gasteiger partial charge on any atom is 0.279 e. The first-order valence-corrected chi connectivity index (χ1v) is 12.2. The van der Waals surface area contributed by atoms with Crippen LogP contribution in [0, 0.1) is 0 Å². The van der Waals surface area contributed by atoms with Gasteiger partial charge in [0, 0.05) is 11.3 Å². The molecule has 0 aliphatic rings. The molecular formula is C26H23N3O5S. The van der Waals surface area contributed by atoms with Gasteiger partial charge in [0.15, 0.2) is 6.10 Å². The molecule has 0 aromatic heterocycles. The number of sulfonamides is 1. The standard InChI is InChI=1S/C26H23N3O5S/c1-18(34-23-16-13-19-7-5-6-8-21(19)17-23)25(30)27-28-26(31)20-11-14-22(15-12-20)29-35(32,33)24-9-3-2-4-10-24/h2-18,29H,1H3,(H,27,30)(H,28,31). The molecule has 0 aliphatic carbocycles. The highest BCUT2D eigenvalue weighted by atomic mass is 32.2. The van der Waals surface area contributed by atoms with Crippen molar-refractivity contribution in [1.29, 1.82) is 0 Å². The Balaban J connectivity index is 1.30. The van der Waals surface area contributed by atoms with E-state index in [-0.39, 0.29) is 10.5 Å². The van der Waals surface area contributed by atoms with E-state index in [2.05, 4.69) is 15.6 Å². The van der Waals surface area contributed by atoms with Crippen molar-refractivity contribution in [2.75, 3.05) is 4.72 Å². The Labute approximate surface area is 203 Å². The molecular weight excluding hydrogens is 466 g/mol. The van der Waals surface area contributed by atoms with Crippen molar-refractivity contribution >= 4 is 38.3 Å². The van der Waals surface area contributed by atoms with E-state index in [0.29, 0.717) is 11.4 Å². The first kappa shape index (κ1) is 23.8. The van der Waals surface area contributed by atoms with Crippen molar-refractivity contribution in [3.63, 3.8) is 0 Å². The predicted octanol–water partition coefficient (Wildman–Crippen LogP) is 3.87. The second-order valence-corrected chi connectivity index (χ2v) is 9.39. The van der Waals surface area contributed by atoms with Gasteiger partial charge in [0.25, 0.3) is 21.8 Å². The molecule has 2 amide bonds. The first-order valence-electron chi connectivity index (χ1n) is 10.8. The average molecular weight is 490 g/mol. The molecule has 3 N–H and O–H groups in total. The summed E-state index contributed by atoms with van der Waals surface area (Å²) < 4.78 is 33.0. The molecule has 8 nitrogen and oxygen atoms in total. The molecule has 0 heterocycles. The number of rotatable bonds is 7. The van der Waals surface area contributed by atoms with E-state index in [1.165, 1.54) is 36.4 Å². The van der Waals surface area contributed by atoms with Crippen molar-refractivity contribution < 1.29 is 22.7 Å². The quantitative estimate of drug-likeness (QED) is 0.341. The number of hydrogen-bond donors (Lipinski definition) is 3. The number of carbonyl (C=O) groups excluding carboxylic acids is 2. The van der Waals surface area contributed by atoms with Crippen molar-refractivity contribution in [3.8, 4) is 5.75 Å². The zero-order chi connectivity index (χ0) is 24.8. The summed E-state index contributed by atoms with van der Waals surface area (Å²) in [4.78, 5) is 24.9. The number of ether oxygens (including phenoxy) is 1. The van der Waals surface area contributed by atoms with Crippen LogP contribution in [0.3, 0.4) is 0 Å². The summed E-state index contributed by atoms with van der Waals surface area (Å²) in [6.07, 6.45) is -0.855. The molecule has 178 valence electrons. The Morgan fingerprint density at radius 2 is 1.43 bits per heavy atom. The van der Waals surface area contributed by atoms with Gasteiger partial charge in [0.1, 0.15) is 5.75 Å². The molecule has 0 fully saturated rings. The van der Waals surface area contributed by atoms with E-state index < -0.39 is 27.9 Å². The van der Waals surface area contributed by atoms with E-state index >= 15 is 0 Å². The highest BCUT2D eigenvalue weighted by Crippen LogP contribution is 2.21. The first-order chi connectivity index (χ1) is 16.8. The maximum atomic E-state index is 12.4. The molecule has 0 spiro atoms. The minimum Gasteiger partial charge on any atom is -0.481 e. The lowest BCUT2D eigenvalue weighted by molar-refractivity contribution is -0.128. The lowest BCUT2D eigenvalue weighted by Gasteiger charge is -2.15. The van der Waals surface area contributed by atoms with E-state index in [1.54, 1.807) is 31.2 Å². The van der Waals surface area contributed by atoms with Gasteiger partial charge in [-0.05, 0) is 66.2 Å². The smallest absolute Gasteiger partial charge is 0.279 e. The van der Waals surface area contributed by atoms with Gasteiger partial charge in [-0.15, -0.1) is 0 Å². The van der Waals surface area contributed by atoms with Crippen LogP contribution in [0.15, 0.2) is 102 Å². The van der Waals surface area contributed by atoms with Crippen LogP contribution in [0.4, 0.5) is 5.69 Å². The lowest BCUT2D eigenvalue weighted by atomic mass is 10.1. The minimum absolute atomic E-state index is 0.129. The maximum absolute atomic E-state index is 12.4. The molecule has 9 heteroatoms. The minimum atomic E-state index is -3.74. The van der Waals surface area contributed by atoms with Crippen LogP contribution in [-0.4, -0.2) is 26.3 Å². The monoisotopic (exact) mass is 489 g/mol. The van der Waals surface area contributed by atoms with Crippen molar-refractivity contribution in [3.05, 3.63) is 103 Å². The normalized spacial score (nSPS) is 11.9. The Morgan fingerprint density at radius 3 is 2.14 bits per heavy atom. The molecule has 4 aromatic carbocycles. The average Bonchev–Trinajstić information content (AvgIpc) is 2.87.